The van der Waals surface area contributed by atoms with Gasteiger partial charge in [0.2, 0.25) is 0 Å². The van der Waals surface area contributed by atoms with Gasteiger partial charge in [-0.15, -0.1) is 0 Å². The first-order chi connectivity index (χ1) is 2.89. The first-order valence-electron chi connectivity index (χ1n) is 1.99. The fraction of sp³-hybridized carbons (Fsp3) is 1.00. The van der Waals surface area contributed by atoms with Crippen LogP contribution in [0.4, 0.5) is 0 Å². The maximum Gasteiger partial charge on any atom is 0.0727 e. The maximum absolute atomic E-state index is 5.00. The molecule has 0 amide bonds. The van der Waals surface area contributed by atoms with Crippen molar-refractivity contribution in [2.45, 2.75) is 0 Å². The highest BCUT2D eigenvalue weighted by Crippen LogP contribution is 2.25. The Morgan fingerprint density at radius 3 is 2.67 bits per heavy atom. The molecular formula is C3H7OPS. The van der Waals surface area contributed by atoms with Crippen molar-refractivity contribution >= 4 is 18.5 Å². The van der Waals surface area contributed by atoms with Crippen molar-refractivity contribution in [3.8, 4) is 0 Å². The van der Waals surface area contributed by atoms with Crippen molar-refractivity contribution < 1.29 is 4.74 Å². The number of rotatable bonds is 0. The summed E-state index contributed by atoms with van der Waals surface area (Å²) in [6.07, 6.45) is 2.08. The molecule has 0 aliphatic carbocycles. The van der Waals surface area contributed by atoms with Crippen molar-refractivity contribution in [3.05, 3.63) is 0 Å². The van der Waals surface area contributed by atoms with Crippen LogP contribution in [0.1, 0.15) is 0 Å². The second-order valence-electron chi connectivity index (χ2n) is 1.34. The van der Waals surface area contributed by atoms with Gasteiger partial charge < -0.3 is 4.74 Å². The molecule has 1 unspecified atom stereocenters. The molecule has 1 saturated heterocycles. The Morgan fingerprint density at radius 1 is 1.67 bits per heavy atom. The largest absolute Gasteiger partial charge is 0.376 e. The molecule has 0 saturated carbocycles. The van der Waals surface area contributed by atoms with Gasteiger partial charge in [-0.05, 0) is 12.9 Å². The van der Waals surface area contributed by atoms with E-state index in [9.17, 15) is 0 Å². The summed E-state index contributed by atoms with van der Waals surface area (Å²) in [6.45, 7) is 0.532. The van der Waals surface area contributed by atoms with Crippen LogP contribution in [-0.2, 0) is 16.5 Å². The molecule has 1 rings (SSSR count). The van der Waals surface area contributed by atoms with E-state index in [0.717, 1.165) is 13.0 Å². The molecule has 1 aliphatic rings. The van der Waals surface area contributed by atoms with Crippen molar-refractivity contribution in [1.29, 1.82) is 0 Å². The molecular weight excluding hydrogens is 115 g/mol. The predicted octanol–water partition coefficient (Wildman–Crippen LogP) is 0.650. The predicted molar refractivity (Wildman–Crippen MR) is 31.4 cm³/mol. The smallest absolute Gasteiger partial charge is 0.0727 e. The van der Waals surface area contributed by atoms with E-state index in [1.165, 1.54) is 6.16 Å². The van der Waals surface area contributed by atoms with Crippen molar-refractivity contribution in [2.75, 3.05) is 19.1 Å². The fourth-order valence-corrected chi connectivity index (χ4v) is 1.83. The van der Waals surface area contributed by atoms with Crippen LogP contribution < -0.4 is 0 Å². The molecule has 1 fully saturated rings. The highest BCUT2D eigenvalue weighted by Gasteiger charge is 2.01. The Morgan fingerprint density at radius 2 is 2.50 bits per heavy atom. The van der Waals surface area contributed by atoms with E-state index in [2.05, 4.69) is 0 Å². The van der Waals surface area contributed by atoms with Crippen LogP contribution in [0.25, 0.3) is 0 Å². The third kappa shape index (κ3) is 1.04. The van der Waals surface area contributed by atoms with E-state index in [0.29, 0.717) is 0 Å². The van der Waals surface area contributed by atoms with Crippen molar-refractivity contribution in [3.63, 3.8) is 0 Å². The zero-order chi connectivity index (χ0) is 4.41. The molecule has 0 aromatic heterocycles. The molecule has 3 heteroatoms. The molecule has 1 nitrogen and oxygen atoms in total. The topological polar surface area (TPSA) is 9.23 Å². The van der Waals surface area contributed by atoms with Crippen LogP contribution in [0.3, 0.4) is 0 Å². The van der Waals surface area contributed by atoms with Crippen LogP contribution >= 0.6 is 6.70 Å². The van der Waals surface area contributed by atoms with Gasteiger partial charge in [0, 0.05) is 0 Å². The first kappa shape index (κ1) is 4.76. The zero-order valence-corrected chi connectivity index (χ0v) is 5.25. The minimum absolute atomic E-state index is 0.396. The summed E-state index contributed by atoms with van der Waals surface area (Å²) >= 11 is 4.98. The monoisotopic (exact) mass is 122 g/mol. The Kier molecular flexibility index (Phi) is 1.63. The van der Waals surface area contributed by atoms with Gasteiger partial charge in [0.1, 0.15) is 0 Å². The molecule has 0 radical (unpaired) electrons. The highest BCUT2D eigenvalue weighted by atomic mass is 32.4. The van der Waals surface area contributed by atoms with Crippen molar-refractivity contribution in [1.82, 2.24) is 0 Å². The Hall–Kier alpha value is 0.610. The summed E-state index contributed by atoms with van der Waals surface area (Å²) < 4.78 is 5.00. The second-order valence-corrected chi connectivity index (χ2v) is 4.94. The van der Waals surface area contributed by atoms with E-state index in [1.54, 1.807) is 0 Å². The molecule has 0 spiro atoms. The van der Waals surface area contributed by atoms with E-state index in [-0.39, 0.29) is 0 Å². The van der Waals surface area contributed by atoms with Gasteiger partial charge in [-0.1, -0.05) is 11.8 Å². The Bertz CT molecular complexity index is 65.2. The van der Waals surface area contributed by atoms with Crippen LogP contribution in [0.5, 0.6) is 0 Å². The quantitative estimate of drug-likeness (QED) is 0.436. The van der Waals surface area contributed by atoms with E-state index >= 15 is 0 Å². The third-order valence-corrected chi connectivity index (χ3v) is 3.04. The molecule has 6 heavy (non-hydrogen) atoms. The summed E-state index contributed by atoms with van der Waals surface area (Å²) in [4.78, 5) is 0. The Labute approximate surface area is 43.1 Å². The lowest BCUT2D eigenvalue weighted by Gasteiger charge is -1.78. The maximum atomic E-state index is 5.00. The molecule has 36 valence electrons. The minimum Gasteiger partial charge on any atom is -0.376 e. The van der Waals surface area contributed by atoms with Gasteiger partial charge in [0.15, 0.2) is 0 Å². The lowest BCUT2D eigenvalue weighted by atomic mass is 10.9. The SMILES string of the molecule is S=[PH]1CCOC1. The van der Waals surface area contributed by atoms with E-state index in [4.69, 9.17) is 16.5 Å². The van der Waals surface area contributed by atoms with Gasteiger partial charge in [-0.3, -0.25) is 0 Å². The van der Waals surface area contributed by atoms with Crippen LogP contribution in [0.2, 0.25) is 0 Å². The number of ether oxygens (including phenoxy) is 1. The van der Waals surface area contributed by atoms with Gasteiger partial charge >= 0.3 is 0 Å². The summed E-state index contributed by atoms with van der Waals surface area (Å²) in [7, 11) is 0. The summed E-state index contributed by atoms with van der Waals surface area (Å²) in [5.74, 6) is 0. The average molecular weight is 122 g/mol. The molecule has 0 aromatic rings. The first-order valence-corrected chi connectivity index (χ1v) is 5.04. The van der Waals surface area contributed by atoms with E-state index < -0.39 is 6.70 Å². The second kappa shape index (κ2) is 2.06. The fourth-order valence-electron chi connectivity index (χ4n) is 0.444. The Balaban J connectivity index is 2.37. The van der Waals surface area contributed by atoms with Gasteiger partial charge in [-0.25, -0.2) is 0 Å². The van der Waals surface area contributed by atoms with Gasteiger partial charge in [-0.2, -0.15) is 0 Å². The summed E-state index contributed by atoms with van der Waals surface area (Å²) in [5, 5.41) is 0. The number of hydrogen-bond donors (Lipinski definition) is 0. The molecule has 0 N–H and O–H groups in total. The summed E-state index contributed by atoms with van der Waals surface area (Å²) in [6, 6.07) is 0. The molecule has 0 bridgehead atoms. The standard InChI is InChI=1S/C3H7OPS/c6-5-2-1-4-3-5/h5H,1-3H2. The van der Waals surface area contributed by atoms with Gasteiger partial charge in [0.25, 0.3) is 0 Å². The third-order valence-electron chi connectivity index (χ3n) is 0.788. The average Bonchev–Trinajstić information content (AvgIpc) is 1.86. The highest BCUT2D eigenvalue weighted by molar-refractivity contribution is 8.05. The van der Waals surface area contributed by atoms with Crippen LogP contribution in [0, 0.1) is 0 Å². The summed E-state index contributed by atoms with van der Waals surface area (Å²) in [5.41, 5.74) is 0. The van der Waals surface area contributed by atoms with Gasteiger partial charge in [0.05, 0.1) is 13.0 Å². The molecule has 1 heterocycles. The van der Waals surface area contributed by atoms with Crippen LogP contribution in [0.15, 0.2) is 0 Å². The van der Waals surface area contributed by atoms with E-state index in [1.807, 2.05) is 0 Å². The molecule has 0 aromatic carbocycles. The zero-order valence-electron chi connectivity index (χ0n) is 3.44. The molecule has 1 aliphatic heterocycles. The minimum atomic E-state index is -0.396. The number of hydrogen-bond acceptors (Lipinski definition) is 2. The van der Waals surface area contributed by atoms with Crippen LogP contribution in [-0.4, -0.2) is 19.1 Å². The van der Waals surface area contributed by atoms with Crippen molar-refractivity contribution in [2.24, 2.45) is 0 Å². The molecule has 1 atom stereocenters. The lowest BCUT2D eigenvalue weighted by Crippen LogP contribution is -1.78. The normalized spacial score (nSPS) is 34.3. The lowest BCUT2D eigenvalue weighted by molar-refractivity contribution is 0.217.